The minimum atomic E-state index is -0.184. The van der Waals surface area contributed by atoms with Crippen LogP contribution in [0.15, 0.2) is 0 Å². The number of nitrogens with one attached hydrogen (secondary N) is 2. The summed E-state index contributed by atoms with van der Waals surface area (Å²) >= 11 is 0. The fraction of sp³-hybridized carbons (Fsp3) is 0.778. The number of nitriles is 1. The first-order valence-electron chi connectivity index (χ1n) is 4.62. The Balaban J connectivity index is 3.45. The van der Waals surface area contributed by atoms with Gasteiger partial charge in [-0.1, -0.05) is 13.3 Å². The number of unbranched alkanes of at least 4 members (excludes halogenated alkanes) is 1. The Morgan fingerprint density at radius 2 is 2.31 bits per heavy atom. The highest BCUT2D eigenvalue weighted by Crippen LogP contribution is 1.87. The molecule has 1 unspecified atom stereocenters. The van der Waals surface area contributed by atoms with Crippen LogP contribution in [-0.4, -0.2) is 18.6 Å². The van der Waals surface area contributed by atoms with Gasteiger partial charge in [-0.3, -0.25) is 0 Å². The standard InChI is InChI=1S/C9H17N3O/c1-3-4-7-11-9(13)12-8(2)5-6-10/h8H,3-5,7H2,1-2H3,(H2,11,12,13). The van der Waals surface area contributed by atoms with Crippen LogP contribution in [0.1, 0.15) is 33.1 Å². The first-order chi connectivity index (χ1) is 6.20. The number of nitrogens with zero attached hydrogens (tertiary/aromatic N) is 1. The molecule has 4 heteroatoms. The summed E-state index contributed by atoms with van der Waals surface area (Å²) in [4.78, 5) is 11.1. The highest BCUT2D eigenvalue weighted by Gasteiger charge is 2.04. The van der Waals surface area contributed by atoms with Crippen molar-refractivity contribution in [3.63, 3.8) is 0 Å². The van der Waals surface area contributed by atoms with Gasteiger partial charge in [-0.15, -0.1) is 0 Å². The summed E-state index contributed by atoms with van der Waals surface area (Å²) in [5.74, 6) is 0. The Morgan fingerprint density at radius 1 is 1.62 bits per heavy atom. The maximum Gasteiger partial charge on any atom is 0.315 e. The van der Waals surface area contributed by atoms with E-state index < -0.39 is 0 Å². The minimum Gasteiger partial charge on any atom is -0.338 e. The van der Waals surface area contributed by atoms with Gasteiger partial charge >= 0.3 is 6.03 Å². The largest absolute Gasteiger partial charge is 0.338 e. The lowest BCUT2D eigenvalue weighted by atomic mass is 10.2. The molecule has 13 heavy (non-hydrogen) atoms. The number of urea groups is 1. The van der Waals surface area contributed by atoms with Gasteiger partial charge < -0.3 is 10.6 Å². The van der Waals surface area contributed by atoms with Gasteiger partial charge in [0.25, 0.3) is 0 Å². The topological polar surface area (TPSA) is 64.9 Å². The maximum atomic E-state index is 11.1. The number of rotatable bonds is 5. The van der Waals surface area contributed by atoms with Crippen LogP contribution < -0.4 is 10.6 Å². The summed E-state index contributed by atoms with van der Waals surface area (Å²) < 4.78 is 0. The van der Waals surface area contributed by atoms with Crippen LogP contribution in [0.4, 0.5) is 4.79 Å². The Hall–Kier alpha value is -1.24. The second-order valence-corrected chi connectivity index (χ2v) is 3.02. The predicted molar refractivity (Wildman–Crippen MR) is 51.1 cm³/mol. The third kappa shape index (κ3) is 7.13. The molecule has 0 aromatic carbocycles. The maximum absolute atomic E-state index is 11.1. The van der Waals surface area contributed by atoms with Gasteiger partial charge in [0.15, 0.2) is 0 Å². The van der Waals surface area contributed by atoms with Crippen molar-refractivity contribution in [1.29, 1.82) is 5.26 Å². The monoisotopic (exact) mass is 183 g/mol. The third-order valence-electron chi connectivity index (χ3n) is 1.59. The number of carbonyl (C=O) groups is 1. The molecule has 0 aliphatic carbocycles. The molecule has 0 saturated heterocycles. The molecule has 0 bridgehead atoms. The number of amides is 2. The lowest BCUT2D eigenvalue weighted by Crippen LogP contribution is -2.40. The molecular weight excluding hydrogens is 166 g/mol. The van der Waals surface area contributed by atoms with E-state index in [2.05, 4.69) is 17.6 Å². The molecule has 0 aliphatic heterocycles. The SMILES string of the molecule is CCCCNC(=O)NC(C)CC#N. The van der Waals surface area contributed by atoms with Crippen molar-refractivity contribution in [2.24, 2.45) is 0 Å². The van der Waals surface area contributed by atoms with Crippen LogP contribution in [0.5, 0.6) is 0 Å². The second-order valence-electron chi connectivity index (χ2n) is 3.02. The molecule has 1 atom stereocenters. The Kier molecular flexibility index (Phi) is 6.70. The lowest BCUT2D eigenvalue weighted by Gasteiger charge is -2.10. The van der Waals surface area contributed by atoms with E-state index in [-0.39, 0.29) is 12.1 Å². The fourth-order valence-electron chi connectivity index (χ4n) is 0.841. The molecule has 0 rings (SSSR count). The van der Waals surface area contributed by atoms with Crippen molar-refractivity contribution in [1.82, 2.24) is 10.6 Å². The van der Waals surface area contributed by atoms with Crippen molar-refractivity contribution in [3.8, 4) is 6.07 Å². The van der Waals surface area contributed by atoms with Gasteiger partial charge in [-0.05, 0) is 13.3 Å². The molecular formula is C9H17N3O. The van der Waals surface area contributed by atoms with Crippen LogP contribution >= 0.6 is 0 Å². The van der Waals surface area contributed by atoms with E-state index in [4.69, 9.17) is 5.26 Å². The van der Waals surface area contributed by atoms with Crippen LogP contribution in [0.25, 0.3) is 0 Å². The number of hydrogen-bond donors (Lipinski definition) is 2. The molecule has 0 spiro atoms. The van der Waals surface area contributed by atoms with Crippen LogP contribution in [0.2, 0.25) is 0 Å². The highest BCUT2D eigenvalue weighted by atomic mass is 16.2. The summed E-state index contributed by atoms with van der Waals surface area (Å²) in [5.41, 5.74) is 0. The first-order valence-corrected chi connectivity index (χ1v) is 4.62. The Labute approximate surface area is 79.3 Å². The van der Waals surface area contributed by atoms with E-state index in [1.165, 1.54) is 0 Å². The van der Waals surface area contributed by atoms with Gasteiger partial charge in [-0.25, -0.2) is 4.79 Å². The first kappa shape index (κ1) is 11.8. The van der Waals surface area contributed by atoms with Gasteiger partial charge in [0.2, 0.25) is 0 Å². The normalized spacial score (nSPS) is 11.5. The molecule has 4 nitrogen and oxygen atoms in total. The average Bonchev–Trinajstić information content (AvgIpc) is 2.05. The van der Waals surface area contributed by atoms with Crippen LogP contribution in [0, 0.1) is 11.3 Å². The van der Waals surface area contributed by atoms with E-state index in [1.807, 2.05) is 13.0 Å². The summed E-state index contributed by atoms with van der Waals surface area (Å²) in [5, 5.41) is 13.7. The van der Waals surface area contributed by atoms with E-state index >= 15 is 0 Å². The molecule has 0 aliphatic rings. The van der Waals surface area contributed by atoms with Crippen molar-refractivity contribution < 1.29 is 4.79 Å². The Morgan fingerprint density at radius 3 is 2.85 bits per heavy atom. The molecule has 0 aromatic heterocycles. The average molecular weight is 183 g/mol. The van der Waals surface area contributed by atoms with Crippen molar-refractivity contribution in [3.05, 3.63) is 0 Å². The fourth-order valence-corrected chi connectivity index (χ4v) is 0.841. The molecule has 0 aromatic rings. The van der Waals surface area contributed by atoms with Crippen molar-refractivity contribution >= 4 is 6.03 Å². The summed E-state index contributed by atoms with van der Waals surface area (Å²) in [6.45, 7) is 4.57. The summed E-state index contributed by atoms with van der Waals surface area (Å²) in [6, 6.07) is 1.74. The van der Waals surface area contributed by atoms with E-state index in [9.17, 15) is 4.79 Å². The molecule has 0 fully saturated rings. The van der Waals surface area contributed by atoms with Gasteiger partial charge in [0, 0.05) is 12.6 Å². The second kappa shape index (κ2) is 7.41. The Bertz CT molecular complexity index is 186. The van der Waals surface area contributed by atoms with Crippen molar-refractivity contribution in [2.45, 2.75) is 39.2 Å². The third-order valence-corrected chi connectivity index (χ3v) is 1.59. The quantitative estimate of drug-likeness (QED) is 0.632. The van der Waals surface area contributed by atoms with E-state index in [0.29, 0.717) is 13.0 Å². The zero-order valence-electron chi connectivity index (χ0n) is 8.26. The van der Waals surface area contributed by atoms with Gasteiger partial charge in [0.1, 0.15) is 0 Å². The molecule has 0 saturated carbocycles. The van der Waals surface area contributed by atoms with Crippen molar-refractivity contribution in [2.75, 3.05) is 6.54 Å². The zero-order valence-corrected chi connectivity index (χ0v) is 8.26. The minimum absolute atomic E-state index is 0.0772. The highest BCUT2D eigenvalue weighted by molar-refractivity contribution is 5.74. The summed E-state index contributed by atoms with van der Waals surface area (Å²) in [6.07, 6.45) is 2.40. The molecule has 2 amide bonds. The van der Waals surface area contributed by atoms with E-state index in [1.54, 1.807) is 0 Å². The van der Waals surface area contributed by atoms with Gasteiger partial charge in [-0.2, -0.15) is 5.26 Å². The zero-order chi connectivity index (χ0) is 10.1. The molecule has 0 heterocycles. The predicted octanol–water partition coefficient (Wildman–Crippen LogP) is 1.39. The molecule has 74 valence electrons. The van der Waals surface area contributed by atoms with Gasteiger partial charge in [0.05, 0.1) is 12.5 Å². The number of carbonyl (C=O) groups excluding carboxylic acids is 1. The van der Waals surface area contributed by atoms with E-state index in [0.717, 1.165) is 12.8 Å². The molecule has 0 radical (unpaired) electrons. The van der Waals surface area contributed by atoms with Crippen LogP contribution in [0.3, 0.4) is 0 Å². The van der Waals surface area contributed by atoms with Crippen LogP contribution in [-0.2, 0) is 0 Å². The smallest absolute Gasteiger partial charge is 0.315 e. The molecule has 2 N–H and O–H groups in total. The lowest BCUT2D eigenvalue weighted by molar-refractivity contribution is 0.238. The number of hydrogen-bond acceptors (Lipinski definition) is 2. The summed E-state index contributed by atoms with van der Waals surface area (Å²) in [7, 11) is 0.